The summed E-state index contributed by atoms with van der Waals surface area (Å²) in [6.45, 7) is 10.6. The maximum absolute atomic E-state index is 4.02. The monoisotopic (exact) mass is 139 g/mol. The molecule has 1 fully saturated rings. The number of rotatable bonds is 3. The number of hydrogen-bond acceptors (Lipinski definition) is 1. The normalized spacial score (nSPS) is 20.8. The lowest BCUT2D eigenvalue weighted by Gasteiger charge is -2.17. The number of hydrogen-bond donors (Lipinski definition) is 1. The Kier molecular flexibility index (Phi) is 1.76. The minimum Gasteiger partial charge on any atom is -0.386 e. The van der Waals surface area contributed by atoms with Crippen molar-refractivity contribution in [2.45, 2.75) is 39.7 Å². The molecular formula is C9H17N. The second kappa shape index (κ2) is 2.30. The van der Waals surface area contributed by atoms with Crippen LogP contribution in [0.2, 0.25) is 0 Å². The highest BCUT2D eigenvalue weighted by atomic mass is 14.9. The predicted molar refractivity (Wildman–Crippen MR) is 44.8 cm³/mol. The summed E-state index contributed by atoms with van der Waals surface area (Å²) < 4.78 is 0. The molecule has 0 spiro atoms. The molecule has 10 heavy (non-hydrogen) atoms. The van der Waals surface area contributed by atoms with Crippen molar-refractivity contribution < 1.29 is 0 Å². The molecule has 0 aromatic heterocycles. The van der Waals surface area contributed by atoms with Gasteiger partial charge in [0, 0.05) is 17.2 Å². The van der Waals surface area contributed by atoms with Crippen LogP contribution in [0.4, 0.5) is 0 Å². The molecule has 58 valence electrons. The van der Waals surface area contributed by atoms with Crippen LogP contribution in [0.25, 0.3) is 0 Å². The van der Waals surface area contributed by atoms with Gasteiger partial charge in [-0.3, -0.25) is 0 Å². The van der Waals surface area contributed by atoms with Gasteiger partial charge in [0.1, 0.15) is 0 Å². The zero-order valence-electron chi connectivity index (χ0n) is 7.20. The molecule has 0 heterocycles. The zero-order chi connectivity index (χ0) is 7.78. The second-order valence-electron chi connectivity index (χ2n) is 3.84. The minimum atomic E-state index is 0.435. The average molecular weight is 139 g/mol. The van der Waals surface area contributed by atoms with Crippen molar-refractivity contribution in [3.05, 3.63) is 12.3 Å². The van der Waals surface area contributed by atoms with Gasteiger partial charge in [0.15, 0.2) is 0 Å². The van der Waals surface area contributed by atoms with Gasteiger partial charge < -0.3 is 5.32 Å². The summed E-state index contributed by atoms with van der Waals surface area (Å²) in [6, 6.07) is 0.532. The van der Waals surface area contributed by atoms with Crippen LogP contribution in [-0.2, 0) is 0 Å². The molecule has 0 saturated heterocycles. The van der Waals surface area contributed by atoms with Crippen LogP contribution in [0.1, 0.15) is 33.6 Å². The third kappa shape index (κ3) is 1.53. The Labute approximate surface area is 63.5 Å². The highest BCUT2D eigenvalue weighted by molar-refractivity contribution is 5.15. The van der Waals surface area contributed by atoms with Crippen molar-refractivity contribution in [2.75, 3.05) is 0 Å². The van der Waals surface area contributed by atoms with Gasteiger partial charge in [-0.2, -0.15) is 0 Å². The fraction of sp³-hybridized carbons (Fsp3) is 0.778. The fourth-order valence-corrected chi connectivity index (χ4v) is 1.01. The molecule has 1 nitrogen and oxygen atoms in total. The average Bonchev–Trinajstić information content (AvgIpc) is 2.47. The third-order valence-corrected chi connectivity index (χ3v) is 2.19. The van der Waals surface area contributed by atoms with Crippen molar-refractivity contribution in [1.82, 2.24) is 5.32 Å². The van der Waals surface area contributed by atoms with Crippen LogP contribution in [-0.4, -0.2) is 6.04 Å². The Morgan fingerprint density at radius 3 is 2.30 bits per heavy atom. The first-order valence-electron chi connectivity index (χ1n) is 4.00. The SMILES string of the molecule is C=C(NC(C)C)C1(C)CC1. The van der Waals surface area contributed by atoms with E-state index in [0.717, 1.165) is 0 Å². The molecule has 1 aliphatic carbocycles. The van der Waals surface area contributed by atoms with Crippen molar-refractivity contribution in [1.29, 1.82) is 0 Å². The Balaban J connectivity index is 2.35. The zero-order valence-corrected chi connectivity index (χ0v) is 7.20. The van der Waals surface area contributed by atoms with E-state index in [1.165, 1.54) is 18.5 Å². The molecule has 1 aliphatic rings. The van der Waals surface area contributed by atoms with Crippen LogP contribution >= 0.6 is 0 Å². The van der Waals surface area contributed by atoms with Crippen LogP contribution in [0.5, 0.6) is 0 Å². The van der Waals surface area contributed by atoms with E-state index in [-0.39, 0.29) is 0 Å². The first kappa shape index (κ1) is 7.64. The summed E-state index contributed by atoms with van der Waals surface area (Å²) in [5, 5.41) is 3.35. The predicted octanol–water partition coefficient (Wildman–Crippen LogP) is 2.30. The van der Waals surface area contributed by atoms with Crippen LogP contribution in [0.15, 0.2) is 12.3 Å². The molecule has 0 aromatic rings. The summed E-state index contributed by atoms with van der Waals surface area (Å²) in [5.74, 6) is 0. The van der Waals surface area contributed by atoms with E-state index < -0.39 is 0 Å². The van der Waals surface area contributed by atoms with Gasteiger partial charge in [0.05, 0.1) is 0 Å². The van der Waals surface area contributed by atoms with Gasteiger partial charge in [-0.25, -0.2) is 0 Å². The van der Waals surface area contributed by atoms with Gasteiger partial charge in [0.2, 0.25) is 0 Å². The molecular weight excluding hydrogens is 122 g/mol. The van der Waals surface area contributed by atoms with Crippen LogP contribution in [0.3, 0.4) is 0 Å². The summed E-state index contributed by atoms with van der Waals surface area (Å²) >= 11 is 0. The highest BCUT2D eigenvalue weighted by Gasteiger charge is 2.40. The Morgan fingerprint density at radius 1 is 1.50 bits per heavy atom. The van der Waals surface area contributed by atoms with Crippen molar-refractivity contribution >= 4 is 0 Å². The minimum absolute atomic E-state index is 0.435. The highest BCUT2D eigenvalue weighted by Crippen LogP contribution is 2.49. The molecule has 1 rings (SSSR count). The van der Waals surface area contributed by atoms with E-state index in [0.29, 0.717) is 11.5 Å². The maximum Gasteiger partial charge on any atom is 0.0201 e. The van der Waals surface area contributed by atoms with Gasteiger partial charge in [-0.1, -0.05) is 13.5 Å². The quantitative estimate of drug-likeness (QED) is 0.632. The Morgan fingerprint density at radius 2 is 2.00 bits per heavy atom. The van der Waals surface area contributed by atoms with Crippen molar-refractivity contribution in [3.63, 3.8) is 0 Å². The van der Waals surface area contributed by atoms with E-state index in [1.54, 1.807) is 0 Å². The van der Waals surface area contributed by atoms with Gasteiger partial charge in [-0.15, -0.1) is 0 Å². The largest absolute Gasteiger partial charge is 0.386 e. The van der Waals surface area contributed by atoms with E-state index in [4.69, 9.17) is 0 Å². The first-order chi connectivity index (χ1) is 4.54. The van der Waals surface area contributed by atoms with E-state index in [9.17, 15) is 0 Å². The van der Waals surface area contributed by atoms with Crippen molar-refractivity contribution in [3.8, 4) is 0 Å². The lowest BCUT2D eigenvalue weighted by molar-refractivity contribution is 0.555. The number of nitrogens with one attached hydrogen (secondary N) is 1. The number of allylic oxidation sites excluding steroid dienone is 1. The molecule has 1 saturated carbocycles. The first-order valence-corrected chi connectivity index (χ1v) is 4.00. The van der Waals surface area contributed by atoms with Gasteiger partial charge >= 0.3 is 0 Å². The van der Waals surface area contributed by atoms with Crippen LogP contribution < -0.4 is 5.32 Å². The molecule has 0 radical (unpaired) electrons. The van der Waals surface area contributed by atoms with Crippen molar-refractivity contribution in [2.24, 2.45) is 5.41 Å². The molecule has 0 aliphatic heterocycles. The molecule has 0 atom stereocenters. The summed E-state index contributed by atoms with van der Waals surface area (Å²) in [5.41, 5.74) is 1.66. The fourth-order valence-electron chi connectivity index (χ4n) is 1.01. The van der Waals surface area contributed by atoms with E-state index >= 15 is 0 Å². The lowest BCUT2D eigenvalue weighted by atomic mass is 10.1. The molecule has 0 amide bonds. The summed E-state index contributed by atoms with van der Waals surface area (Å²) in [7, 11) is 0. The molecule has 1 N–H and O–H groups in total. The summed E-state index contributed by atoms with van der Waals surface area (Å²) in [6.07, 6.45) is 2.62. The smallest absolute Gasteiger partial charge is 0.0201 e. The Hall–Kier alpha value is -0.460. The molecule has 0 bridgehead atoms. The Bertz CT molecular complexity index is 143. The second-order valence-corrected chi connectivity index (χ2v) is 3.84. The van der Waals surface area contributed by atoms with Crippen LogP contribution in [0, 0.1) is 5.41 Å². The third-order valence-electron chi connectivity index (χ3n) is 2.19. The molecule has 0 unspecified atom stereocenters. The molecule has 1 heteroatoms. The van der Waals surface area contributed by atoms with E-state index in [2.05, 4.69) is 32.7 Å². The lowest BCUT2D eigenvalue weighted by Crippen LogP contribution is -2.25. The summed E-state index contributed by atoms with van der Waals surface area (Å²) in [4.78, 5) is 0. The van der Waals surface area contributed by atoms with Gasteiger partial charge in [-0.05, 0) is 26.7 Å². The maximum atomic E-state index is 4.02. The standard InChI is InChI=1S/C9H17N/c1-7(2)10-8(3)9(4)5-6-9/h7,10H,3,5-6H2,1-2,4H3. The molecule has 0 aromatic carbocycles. The van der Waals surface area contributed by atoms with Gasteiger partial charge in [0.25, 0.3) is 0 Å². The topological polar surface area (TPSA) is 12.0 Å². The van der Waals surface area contributed by atoms with E-state index in [1.807, 2.05) is 0 Å².